The SMILES string of the molecule is CC(C)c1cc(C(Br)Br)c(C(Br)Br)cc1C(C)C. The summed E-state index contributed by atoms with van der Waals surface area (Å²) in [6.07, 6.45) is 0. The van der Waals surface area contributed by atoms with Crippen molar-refractivity contribution >= 4 is 63.7 Å². The lowest BCUT2D eigenvalue weighted by Gasteiger charge is -2.22. The molecule has 0 saturated heterocycles. The van der Waals surface area contributed by atoms with Crippen LogP contribution in [0.5, 0.6) is 0 Å². The van der Waals surface area contributed by atoms with Gasteiger partial charge in [0, 0.05) is 0 Å². The van der Waals surface area contributed by atoms with Gasteiger partial charge in [0.15, 0.2) is 0 Å². The molecule has 0 nitrogen and oxygen atoms in total. The molecule has 0 aromatic heterocycles. The Bertz CT molecular complexity index is 334. The van der Waals surface area contributed by atoms with E-state index in [1.165, 1.54) is 22.3 Å². The number of alkyl halides is 4. The fourth-order valence-electron chi connectivity index (χ4n) is 2.05. The zero-order chi connectivity index (χ0) is 14.0. The van der Waals surface area contributed by atoms with Crippen LogP contribution >= 0.6 is 63.7 Å². The van der Waals surface area contributed by atoms with Crippen molar-refractivity contribution < 1.29 is 0 Å². The fraction of sp³-hybridized carbons (Fsp3) is 0.571. The second-order valence-corrected chi connectivity index (χ2v) is 11.1. The lowest BCUT2D eigenvalue weighted by atomic mass is 9.87. The van der Waals surface area contributed by atoms with Gasteiger partial charge in [0.25, 0.3) is 0 Å². The number of rotatable bonds is 4. The molecule has 18 heavy (non-hydrogen) atoms. The normalized spacial score (nSPS) is 12.2. The molecule has 0 aliphatic carbocycles. The average molecular weight is 506 g/mol. The highest BCUT2D eigenvalue weighted by molar-refractivity contribution is 9.24. The van der Waals surface area contributed by atoms with Crippen LogP contribution in [0.4, 0.5) is 0 Å². The first kappa shape index (κ1) is 17.2. The summed E-state index contributed by atoms with van der Waals surface area (Å²) in [5.41, 5.74) is 5.44. The molecule has 0 amide bonds. The maximum absolute atomic E-state index is 3.62. The van der Waals surface area contributed by atoms with Crippen LogP contribution in [0.1, 0.15) is 69.3 Å². The highest BCUT2D eigenvalue weighted by Crippen LogP contribution is 2.43. The van der Waals surface area contributed by atoms with Crippen molar-refractivity contribution in [3.05, 3.63) is 34.4 Å². The molecule has 0 atom stereocenters. The minimum atomic E-state index is 0.177. The maximum Gasteiger partial charge on any atom is 0.0949 e. The molecular formula is C14H18Br4. The van der Waals surface area contributed by atoms with Gasteiger partial charge in [-0.15, -0.1) is 0 Å². The molecule has 0 aliphatic rings. The van der Waals surface area contributed by atoms with E-state index in [-0.39, 0.29) is 7.47 Å². The number of hydrogen-bond donors (Lipinski definition) is 0. The standard InChI is InChI=1S/C14H18Br4/c1-7(2)9-5-11(13(15)16)12(14(17)18)6-10(9)8(3)4/h5-8,13-14H,1-4H3. The summed E-state index contributed by atoms with van der Waals surface area (Å²) in [4.78, 5) is 0. The Balaban J connectivity index is 3.50. The van der Waals surface area contributed by atoms with E-state index in [1.807, 2.05) is 0 Å². The van der Waals surface area contributed by atoms with Crippen molar-refractivity contribution in [3.63, 3.8) is 0 Å². The van der Waals surface area contributed by atoms with Crippen molar-refractivity contribution in [1.82, 2.24) is 0 Å². The van der Waals surface area contributed by atoms with Gasteiger partial charge in [-0.3, -0.25) is 0 Å². The molecular weight excluding hydrogens is 488 g/mol. The van der Waals surface area contributed by atoms with Gasteiger partial charge in [-0.25, -0.2) is 0 Å². The Morgan fingerprint density at radius 1 is 0.611 bits per heavy atom. The van der Waals surface area contributed by atoms with Gasteiger partial charge < -0.3 is 0 Å². The van der Waals surface area contributed by atoms with E-state index in [0.717, 1.165) is 0 Å². The third-order valence-corrected chi connectivity index (χ3v) is 4.98. The van der Waals surface area contributed by atoms with Gasteiger partial charge in [0.1, 0.15) is 0 Å². The van der Waals surface area contributed by atoms with E-state index >= 15 is 0 Å². The monoisotopic (exact) mass is 502 g/mol. The highest BCUT2D eigenvalue weighted by atomic mass is 79.9. The number of benzene rings is 1. The summed E-state index contributed by atoms with van der Waals surface area (Å²) in [7, 11) is 0. The van der Waals surface area contributed by atoms with E-state index in [9.17, 15) is 0 Å². The minimum absolute atomic E-state index is 0.177. The van der Waals surface area contributed by atoms with Crippen LogP contribution in [-0.4, -0.2) is 0 Å². The largest absolute Gasteiger partial charge is 0.0949 e. The molecule has 1 rings (SSSR count). The van der Waals surface area contributed by atoms with Crippen molar-refractivity contribution in [2.75, 3.05) is 0 Å². The van der Waals surface area contributed by atoms with E-state index in [1.54, 1.807) is 0 Å². The molecule has 0 radical (unpaired) electrons. The van der Waals surface area contributed by atoms with Crippen LogP contribution < -0.4 is 0 Å². The average Bonchev–Trinajstić information content (AvgIpc) is 2.26. The number of halogens is 4. The molecule has 102 valence electrons. The molecule has 0 bridgehead atoms. The summed E-state index contributed by atoms with van der Waals surface area (Å²) in [6.45, 7) is 9.01. The smallest absolute Gasteiger partial charge is 0.0712 e. The third kappa shape index (κ3) is 4.07. The Labute approximate surface area is 144 Å². The van der Waals surface area contributed by atoms with Crippen molar-refractivity contribution in [3.8, 4) is 0 Å². The van der Waals surface area contributed by atoms with Gasteiger partial charge in [0.05, 0.1) is 7.47 Å². The van der Waals surface area contributed by atoms with Crippen LogP contribution in [0.25, 0.3) is 0 Å². The summed E-state index contributed by atoms with van der Waals surface area (Å²) in [5, 5.41) is 0. The first-order chi connectivity index (χ1) is 8.25. The first-order valence-electron chi connectivity index (χ1n) is 5.99. The van der Waals surface area contributed by atoms with Crippen LogP contribution in [0, 0.1) is 0 Å². The van der Waals surface area contributed by atoms with Crippen LogP contribution in [0.15, 0.2) is 12.1 Å². The maximum atomic E-state index is 3.62. The van der Waals surface area contributed by atoms with E-state index < -0.39 is 0 Å². The van der Waals surface area contributed by atoms with Gasteiger partial charge in [-0.2, -0.15) is 0 Å². The molecule has 0 spiro atoms. The lowest BCUT2D eigenvalue weighted by molar-refractivity contribution is 0.786. The minimum Gasteiger partial charge on any atom is -0.0712 e. The predicted molar refractivity (Wildman–Crippen MR) is 95.8 cm³/mol. The Morgan fingerprint density at radius 3 is 1.06 bits per heavy atom. The molecule has 4 heteroatoms. The van der Waals surface area contributed by atoms with Crippen LogP contribution in [0.2, 0.25) is 0 Å². The predicted octanol–water partition coefficient (Wildman–Crippen LogP) is 7.51. The van der Waals surface area contributed by atoms with Crippen LogP contribution in [-0.2, 0) is 0 Å². The zero-order valence-electron chi connectivity index (χ0n) is 11.0. The summed E-state index contributed by atoms with van der Waals surface area (Å²) < 4.78 is 0.354. The Hall–Kier alpha value is 1.14. The summed E-state index contributed by atoms with van der Waals surface area (Å²) >= 11 is 14.5. The number of hydrogen-bond acceptors (Lipinski definition) is 0. The topological polar surface area (TPSA) is 0 Å². The van der Waals surface area contributed by atoms with Gasteiger partial charge in [-0.1, -0.05) is 104 Å². The second-order valence-electron chi connectivity index (χ2n) is 5.02. The molecule has 0 N–H and O–H groups in total. The molecule has 0 saturated carbocycles. The lowest BCUT2D eigenvalue weighted by Crippen LogP contribution is -2.04. The fourth-order valence-corrected chi connectivity index (χ4v) is 3.63. The van der Waals surface area contributed by atoms with Crippen molar-refractivity contribution in [2.45, 2.75) is 47.0 Å². The van der Waals surface area contributed by atoms with Gasteiger partial charge in [0.2, 0.25) is 0 Å². The third-order valence-electron chi connectivity index (χ3n) is 3.00. The quantitative estimate of drug-likeness (QED) is 0.371. The first-order valence-corrected chi connectivity index (χ1v) is 9.65. The summed E-state index contributed by atoms with van der Waals surface area (Å²) in [6, 6.07) is 4.64. The second kappa shape index (κ2) is 7.24. The summed E-state index contributed by atoms with van der Waals surface area (Å²) in [5.74, 6) is 1.08. The Morgan fingerprint density at radius 2 is 0.889 bits per heavy atom. The zero-order valence-corrected chi connectivity index (χ0v) is 17.3. The Kier molecular flexibility index (Phi) is 6.91. The molecule has 0 heterocycles. The van der Waals surface area contributed by atoms with Crippen molar-refractivity contribution in [2.24, 2.45) is 0 Å². The van der Waals surface area contributed by atoms with E-state index in [4.69, 9.17) is 0 Å². The molecule has 1 aromatic rings. The van der Waals surface area contributed by atoms with Crippen LogP contribution in [0.3, 0.4) is 0 Å². The molecule has 0 fully saturated rings. The van der Waals surface area contributed by atoms with E-state index in [2.05, 4.69) is 104 Å². The molecule has 1 aromatic carbocycles. The van der Waals surface area contributed by atoms with Crippen molar-refractivity contribution in [1.29, 1.82) is 0 Å². The van der Waals surface area contributed by atoms with Gasteiger partial charge >= 0.3 is 0 Å². The molecule has 0 aliphatic heterocycles. The van der Waals surface area contributed by atoms with E-state index in [0.29, 0.717) is 11.8 Å². The van der Waals surface area contributed by atoms with Gasteiger partial charge in [-0.05, 0) is 34.1 Å². The highest BCUT2D eigenvalue weighted by Gasteiger charge is 2.20. The molecule has 0 unspecified atom stereocenters.